The van der Waals surface area contributed by atoms with Crippen LogP contribution in [0.3, 0.4) is 0 Å². The molecule has 6 nitrogen and oxygen atoms in total. The Kier molecular flexibility index (Phi) is 5.54. The second-order valence-corrected chi connectivity index (χ2v) is 5.06. The topological polar surface area (TPSA) is 74.5 Å². The van der Waals surface area contributed by atoms with Crippen LogP contribution in [0.15, 0.2) is 30.5 Å². The number of ether oxygens (including phenoxy) is 2. The number of nitro groups is 1. The number of nitro benzene ring substituents is 1. The Morgan fingerprint density at radius 2 is 2.00 bits per heavy atom. The van der Waals surface area contributed by atoms with Crippen molar-refractivity contribution in [1.29, 1.82) is 0 Å². The van der Waals surface area contributed by atoms with E-state index in [9.17, 15) is 10.1 Å². The molecule has 0 saturated heterocycles. The molecule has 2 rings (SSSR count). The van der Waals surface area contributed by atoms with E-state index in [1.165, 1.54) is 24.4 Å². The van der Waals surface area contributed by atoms with Gasteiger partial charge in [-0.3, -0.25) is 10.1 Å². The summed E-state index contributed by atoms with van der Waals surface area (Å²) in [6.45, 7) is 0.743. The van der Waals surface area contributed by atoms with E-state index in [0.29, 0.717) is 30.1 Å². The predicted octanol–water partition coefficient (Wildman–Crippen LogP) is 3.99. The van der Waals surface area contributed by atoms with Crippen molar-refractivity contribution in [3.63, 3.8) is 0 Å². The van der Waals surface area contributed by atoms with Gasteiger partial charge in [-0.25, -0.2) is 4.98 Å². The fraction of sp³-hybridized carbons (Fsp3) is 0.214. The van der Waals surface area contributed by atoms with E-state index in [4.69, 9.17) is 32.7 Å². The SMILES string of the molecule is COCCOc1ccc([N+](=O)[O-])c(-c2cc(Cl)ncc2Cl)c1. The van der Waals surface area contributed by atoms with Crippen LogP contribution >= 0.6 is 23.2 Å². The quantitative estimate of drug-likeness (QED) is 0.343. The van der Waals surface area contributed by atoms with Crippen LogP contribution in [0.25, 0.3) is 11.1 Å². The zero-order valence-corrected chi connectivity index (χ0v) is 13.1. The lowest BCUT2D eigenvalue weighted by atomic mass is 10.0. The van der Waals surface area contributed by atoms with Crippen molar-refractivity contribution in [2.24, 2.45) is 0 Å². The molecule has 0 aliphatic rings. The molecule has 1 aromatic carbocycles. The third-order valence-electron chi connectivity index (χ3n) is 2.83. The molecule has 0 aliphatic carbocycles. The smallest absolute Gasteiger partial charge is 0.277 e. The van der Waals surface area contributed by atoms with Crippen LogP contribution in [-0.4, -0.2) is 30.2 Å². The zero-order chi connectivity index (χ0) is 16.1. The molecule has 0 N–H and O–H groups in total. The first-order valence-corrected chi connectivity index (χ1v) is 7.00. The molecule has 0 spiro atoms. The summed E-state index contributed by atoms with van der Waals surface area (Å²) in [6, 6.07) is 5.91. The van der Waals surface area contributed by atoms with Gasteiger partial charge in [-0.2, -0.15) is 0 Å². The third-order valence-corrected chi connectivity index (χ3v) is 3.34. The van der Waals surface area contributed by atoms with Gasteiger partial charge < -0.3 is 9.47 Å². The maximum absolute atomic E-state index is 11.2. The van der Waals surface area contributed by atoms with Gasteiger partial charge in [0.05, 0.1) is 22.1 Å². The number of halogens is 2. The molecule has 0 amide bonds. The molecule has 116 valence electrons. The van der Waals surface area contributed by atoms with Crippen molar-refractivity contribution in [3.8, 4) is 16.9 Å². The second-order valence-electron chi connectivity index (χ2n) is 4.26. The van der Waals surface area contributed by atoms with Gasteiger partial charge in [-0.05, 0) is 18.2 Å². The molecule has 0 atom stereocenters. The van der Waals surface area contributed by atoms with Crippen LogP contribution in [0.1, 0.15) is 0 Å². The summed E-state index contributed by atoms with van der Waals surface area (Å²) >= 11 is 11.9. The molecule has 0 radical (unpaired) electrons. The fourth-order valence-corrected chi connectivity index (χ4v) is 2.21. The number of methoxy groups -OCH3 is 1. The van der Waals surface area contributed by atoms with Crippen molar-refractivity contribution in [1.82, 2.24) is 4.98 Å². The molecule has 0 aliphatic heterocycles. The lowest BCUT2D eigenvalue weighted by Gasteiger charge is -2.10. The van der Waals surface area contributed by atoms with Crippen LogP contribution in [-0.2, 0) is 4.74 Å². The number of rotatable bonds is 6. The Morgan fingerprint density at radius 1 is 1.23 bits per heavy atom. The highest BCUT2D eigenvalue weighted by molar-refractivity contribution is 6.34. The highest BCUT2D eigenvalue weighted by atomic mass is 35.5. The normalized spacial score (nSPS) is 10.5. The summed E-state index contributed by atoms with van der Waals surface area (Å²) in [6.07, 6.45) is 1.35. The number of nitrogens with zero attached hydrogens (tertiary/aromatic N) is 2. The van der Waals surface area contributed by atoms with Gasteiger partial charge in [0.15, 0.2) is 0 Å². The average molecular weight is 343 g/mol. The van der Waals surface area contributed by atoms with Gasteiger partial charge in [0.25, 0.3) is 5.69 Å². The van der Waals surface area contributed by atoms with Crippen molar-refractivity contribution in [2.45, 2.75) is 0 Å². The molecular formula is C14H12Cl2N2O4. The summed E-state index contributed by atoms with van der Waals surface area (Å²) in [7, 11) is 1.56. The van der Waals surface area contributed by atoms with Gasteiger partial charge in [0, 0.05) is 24.9 Å². The lowest BCUT2D eigenvalue weighted by molar-refractivity contribution is -0.384. The Labute approximate surface area is 136 Å². The van der Waals surface area contributed by atoms with Gasteiger partial charge in [-0.15, -0.1) is 0 Å². The number of hydrogen-bond acceptors (Lipinski definition) is 5. The maximum Gasteiger partial charge on any atom is 0.277 e. The Bertz CT molecular complexity index is 695. The zero-order valence-electron chi connectivity index (χ0n) is 11.6. The Morgan fingerprint density at radius 3 is 2.68 bits per heavy atom. The van der Waals surface area contributed by atoms with E-state index in [-0.39, 0.29) is 15.9 Å². The van der Waals surface area contributed by atoms with Crippen LogP contribution in [0, 0.1) is 10.1 Å². The number of aromatic nitrogens is 1. The van der Waals surface area contributed by atoms with Crippen molar-refractivity contribution in [2.75, 3.05) is 20.3 Å². The predicted molar refractivity (Wildman–Crippen MR) is 83.7 cm³/mol. The van der Waals surface area contributed by atoms with Gasteiger partial charge >= 0.3 is 0 Å². The van der Waals surface area contributed by atoms with E-state index in [2.05, 4.69) is 4.98 Å². The maximum atomic E-state index is 11.2. The van der Waals surface area contributed by atoms with Crippen LogP contribution in [0.2, 0.25) is 10.2 Å². The van der Waals surface area contributed by atoms with Gasteiger partial charge in [-0.1, -0.05) is 23.2 Å². The molecule has 0 bridgehead atoms. The summed E-state index contributed by atoms with van der Waals surface area (Å²) in [4.78, 5) is 14.6. The standard InChI is InChI=1S/C14H12Cl2N2O4/c1-21-4-5-22-9-2-3-13(18(19)20)11(6-9)10-7-14(16)17-8-12(10)15/h2-3,6-8H,4-5H2,1H3. The Hall–Kier alpha value is -1.89. The molecule has 8 heteroatoms. The first kappa shape index (κ1) is 16.5. The number of hydrogen-bond donors (Lipinski definition) is 0. The highest BCUT2D eigenvalue weighted by Gasteiger charge is 2.19. The average Bonchev–Trinajstić information content (AvgIpc) is 2.49. The first-order chi connectivity index (χ1) is 10.5. The number of pyridine rings is 1. The molecule has 0 saturated carbocycles. The largest absolute Gasteiger partial charge is 0.491 e. The molecule has 1 heterocycles. The van der Waals surface area contributed by atoms with Crippen LogP contribution in [0.4, 0.5) is 5.69 Å². The van der Waals surface area contributed by atoms with Crippen LogP contribution in [0.5, 0.6) is 5.75 Å². The Balaban J connectivity index is 2.48. The van der Waals surface area contributed by atoms with E-state index in [1.54, 1.807) is 13.2 Å². The molecular weight excluding hydrogens is 331 g/mol. The van der Waals surface area contributed by atoms with E-state index >= 15 is 0 Å². The highest BCUT2D eigenvalue weighted by Crippen LogP contribution is 2.37. The fourth-order valence-electron chi connectivity index (χ4n) is 1.84. The molecule has 1 aromatic heterocycles. The van der Waals surface area contributed by atoms with Crippen molar-refractivity contribution in [3.05, 3.63) is 50.8 Å². The second kappa shape index (κ2) is 7.40. The molecule has 22 heavy (non-hydrogen) atoms. The number of benzene rings is 1. The van der Waals surface area contributed by atoms with E-state index < -0.39 is 4.92 Å². The summed E-state index contributed by atoms with van der Waals surface area (Å²) in [5.41, 5.74) is 0.642. The van der Waals surface area contributed by atoms with Gasteiger partial charge in [0.1, 0.15) is 17.5 Å². The van der Waals surface area contributed by atoms with Gasteiger partial charge in [0.2, 0.25) is 0 Å². The summed E-state index contributed by atoms with van der Waals surface area (Å²) in [5, 5.41) is 11.7. The minimum absolute atomic E-state index is 0.0942. The van der Waals surface area contributed by atoms with Crippen molar-refractivity contribution >= 4 is 28.9 Å². The monoisotopic (exact) mass is 342 g/mol. The third kappa shape index (κ3) is 3.85. The molecule has 0 unspecified atom stereocenters. The van der Waals surface area contributed by atoms with E-state index in [1.807, 2.05) is 0 Å². The van der Waals surface area contributed by atoms with Crippen LogP contribution < -0.4 is 4.74 Å². The minimum atomic E-state index is -0.487. The first-order valence-electron chi connectivity index (χ1n) is 6.24. The summed E-state index contributed by atoms with van der Waals surface area (Å²) in [5.74, 6) is 0.474. The molecule has 2 aromatic rings. The summed E-state index contributed by atoms with van der Waals surface area (Å²) < 4.78 is 10.4. The molecule has 0 fully saturated rings. The minimum Gasteiger partial charge on any atom is -0.491 e. The van der Waals surface area contributed by atoms with Crippen molar-refractivity contribution < 1.29 is 14.4 Å². The van der Waals surface area contributed by atoms with E-state index in [0.717, 1.165) is 0 Å². The lowest BCUT2D eigenvalue weighted by Crippen LogP contribution is -2.04.